The highest BCUT2D eigenvalue weighted by Gasteiger charge is 2.30. The zero-order valence-corrected chi connectivity index (χ0v) is 17.4. The van der Waals surface area contributed by atoms with E-state index in [4.69, 9.17) is 4.52 Å². The predicted octanol–water partition coefficient (Wildman–Crippen LogP) is 2.49. The van der Waals surface area contributed by atoms with Crippen molar-refractivity contribution in [2.24, 2.45) is 0 Å². The highest BCUT2D eigenvalue weighted by molar-refractivity contribution is 7.92. The maximum Gasteiger partial charge on any atom is 0.264 e. The second kappa shape index (κ2) is 8.27. The first-order chi connectivity index (χ1) is 14.4. The molecule has 8 nitrogen and oxygen atoms in total. The number of hydrogen-bond acceptors (Lipinski definition) is 6. The lowest BCUT2D eigenvalue weighted by atomic mass is 10.2. The quantitative estimate of drug-likeness (QED) is 0.582. The zero-order valence-electron chi connectivity index (χ0n) is 16.5. The molecular weight excluding hydrogens is 404 g/mol. The Labute approximate surface area is 175 Å². The molecule has 30 heavy (non-hydrogen) atoms. The van der Waals surface area contributed by atoms with Crippen LogP contribution in [0.4, 0.5) is 5.69 Å². The molecule has 0 spiro atoms. The monoisotopic (exact) mass is 426 g/mol. The summed E-state index contributed by atoms with van der Waals surface area (Å²) in [5, 5.41) is 6.53. The van der Waals surface area contributed by atoms with Gasteiger partial charge in [-0.15, -0.1) is 0 Å². The number of aromatic nitrogens is 2. The second-order valence-corrected chi connectivity index (χ2v) is 8.94. The van der Waals surface area contributed by atoms with E-state index in [1.165, 1.54) is 16.4 Å². The molecule has 1 N–H and O–H groups in total. The van der Waals surface area contributed by atoms with Crippen LogP contribution in [0.5, 0.6) is 0 Å². The highest BCUT2D eigenvalue weighted by atomic mass is 32.2. The molecule has 0 aliphatic carbocycles. The van der Waals surface area contributed by atoms with Gasteiger partial charge in [-0.05, 0) is 49.6 Å². The van der Waals surface area contributed by atoms with Gasteiger partial charge < -0.3 is 9.84 Å². The van der Waals surface area contributed by atoms with Crippen molar-refractivity contribution in [2.45, 2.75) is 31.1 Å². The molecule has 2 aromatic carbocycles. The van der Waals surface area contributed by atoms with Gasteiger partial charge in [0.1, 0.15) is 0 Å². The standard InChI is InChI=1S/C21H22N4O4S/c1-15-23-20(29-24-15)10-5-12-22-21(26)17-7-4-8-18(14-17)30(27,28)25-13-11-16-6-2-3-9-19(16)25/h2-4,6-9,14H,5,10-13H2,1H3,(H,22,26). The van der Waals surface area contributed by atoms with Crippen LogP contribution in [0.15, 0.2) is 57.9 Å². The molecule has 2 heterocycles. The first-order valence-corrected chi connectivity index (χ1v) is 11.2. The number of anilines is 1. The molecule has 0 atom stereocenters. The molecular formula is C21H22N4O4S. The maximum absolute atomic E-state index is 13.2. The predicted molar refractivity (Wildman–Crippen MR) is 111 cm³/mol. The number of para-hydroxylation sites is 1. The van der Waals surface area contributed by atoms with Gasteiger partial charge >= 0.3 is 0 Å². The molecule has 9 heteroatoms. The van der Waals surface area contributed by atoms with Crippen molar-refractivity contribution >= 4 is 21.6 Å². The van der Waals surface area contributed by atoms with E-state index in [9.17, 15) is 13.2 Å². The smallest absolute Gasteiger partial charge is 0.264 e. The summed E-state index contributed by atoms with van der Waals surface area (Å²) in [7, 11) is -3.74. The molecule has 156 valence electrons. The second-order valence-electron chi connectivity index (χ2n) is 7.08. The average molecular weight is 426 g/mol. The molecule has 3 aromatic rings. The molecule has 0 unspecified atom stereocenters. The number of benzene rings is 2. The molecule has 0 radical (unpaired) electrons. The number of aryl methyl sites for hydroxylation is 2. The van der Waals surface area contributed by atoms with Crippen molar-refractivity contribution in [3.05, 3.63) is 71.4 Å². The molecule has 0 saturated carbocycles. The van der Waals surface area contributed by atoms with Crippen molar-refractivity contribution in [1.82, 2.24) is 15.5 Å². The van der Waals surface area contributed by atoms with Crippen LogP contribution < -0.4 is 9.62 Å². The minimum atomic E-state index is -3.74. The first kappa shape index (κ1) is 20.1. The number of sulfonamides is 1. The maximum atomic E-state index is 13.2. The number of nitrogens with one attached hydrogen (secondary N) is 1. The van der Waals surface area contributed by atoms with E-state index in [1.54, 1.807) is 25.1 Å². The van der Waals surface area contributed by atoms with Crippen molar-refractivity contribution in [3.63, 3.8) is 0 Å². The molecule has 1 aliphatic heterocycles. The normalized spacial score (nSPS) is 13.3. The highest BCUT2D eigenvalue weighted by Crippen LogP contribution is 2.32. The van der Waals surface area contributed by atoms with Gasteiger partial charge in [0.15, 0.2) is 5.82 Å². The van der Waals surface area contributed by atoms with E-state index < -0.39 is 10.0 Å². The summed E-state index contributed by atoms with van der Waals surface area (Å²) >= 11 is 0. The first-order valence-electron chi connectivity index (χ1n) is 9.73. The molecule has 0 bridgehead atoms. The van der Waals surface area contributed by atoms with E-state index in [-0.39, 0.29) is 10.8 Å². The summed E-state index contributed by atoms with van der Waals surface area (Å²) in [6.07, 6.45) is 1.87. The zero-order chi connectivity index (χ0) is 21.1. The number of carbonyl (C=O) groups excluding carboxylic acids is 1. The summed E-state index contributed by atoms with van der Waals surface area (Å²) in [6, 6.07) is 13.6. The third-order valence-corrected chi connectivity index (χ3v) is 6.76. The van der Waals surface area contributed by atoms with Gasteiger partial charge in [-0.25, -0.2) is 8.42 Å². The van der Waals surface area contributed by atoms with Gasteiger partial charge in [0.2, 0.25) is 5.89 Å². The van der Waals surface area contributed by atoms with Gasteiger partial charge in [0, 0.05) is 25.1 Å². The van der Waals surface area contributed by atoms with Gasteiger partial charge in [0.05, 0.1) is 10.6 Å². The number of carbonyl (C=O) groups is 1. The fourth-order valence-electron chi connectivity index (χ4n) is 3.47. The molecule has 1 aromatic heterocycles. The van der Waals surface area contributed by atoms with E-state index in [1.807, 2.05) is 18.2 Å². The van der Waals surface area contributed by atoms with Crippen LogP contribution in [-0.2, 0) is 22.9 Å². The van der Waals surface area contributed by atoms with E-state index in [0.29, 0.717) is 55.3 Å². The third-order valence-electron chi connectivity index (χ3n) is 4.95. The summed E-state index contributed by atoms with van der Waals surface area (Å²) in [4.78, 5) is 16.7. The Morgan fingerprint density at radius 3 is 2.83 bits per heavy atom. The fraction of sp³-hybridized carbons (Fsp3) is 0.286. The van der Waals surface area contributed by atoms with Gasteiger partial charge in [-0.2, -0.15) is 4.98 Å². The van der Waals surface area contributed by atoms with Crippen molar-refractivity contribution < 1.29 is 17.7 Å². The van der Waals surface area contributed by atoms with Crippen LogP contribution in [0.25, 0.3) is 0 Å². The SMILES string of the molecule is Cc1noc(CCCNC(=O)c2cccc(S(=O)(=O)N3CCc4ccccc43)c2)n1. The van der Waals surface area contributed by atoms with Crippen molar-refractivity contribution in [3.8, 4) is 0 Å². The molecule has 0 saturated heterocycles. The van der Waals surface area contributed by atoms with Crippen molar-refractivity contribution in [1.29, 1.82) is 0 Å². The Bertz CT molecular complexity index is 1170. The lowest BCUT2D eigenvalue weighted by Crippen LogP contribution is -2.30. The summed E-state index contributed by atoms with van der Waals surface area (Å²) in [5.74, 6) is 0.781. The topological polar surface area (TPSA) is 105 Å². The lowest BCUT2D eigenvalue weighted by Gasteiger charge is -2.20. The Morgan fingerprint density at radius 2 is 2.03 bits per heavy atom. The van der Waals surface area contributed by atoms with E-state index in [2.05, 4.69) is 15.5 Å². The molecule has 4 rings (SSSR count). The third kappa shape index (κ3) is 4.06. The van der Waals surface area contributed by atoms with E-state index in [0.717, 1.165) is 5.56 Å². The summed E-state index contributed by atoms with van der Waals surface area (Å²) in [5.41, 5.74) is 2.01. The Balaban J connectivity index is 1.42. The van der Waals surface area contributed by atoms with Crippen molar-refractivity contribution in [2.75, 3.05) is 17.4 Å². The minimum Gasteiger partial charge on any atom is -0.352 e. The fourth-order valence-corrected chi connectivity index (χ4v) is 5.02. The molecule has 1 amide bonds. The van der Waals surface area contributed by atoms with Crippen LogP contribution >= 0.6 is 0 Å². The van der Waals surface area contributed by atoms with Gasteiger partial charge in [-0.1, -0.05) is 29.4 Å². The summed E-state index contributed by atoms with van der Waals surface area (Å²) < 4.78 is 32.8. The Hall–Kier alpha value is -3.20. The Kier molecular flexibility index (Phi) is 5.54. The number of nitrogens with zero attached hydrogens (tertiary/aromatic N) is 3. The average Bonchev–Trinajstić information content (AvgIpc) is 3.37. The number of amides is 1. The number of rotatable bonds is 7. The minimum absolute atomic E-state index is 0.105. The van der Waals surface area contributed by atoms with Crippen LogP contribution in [0, 0.1) is 6.92 Å². The number of fused-ring (bicyclic) bond motifs is 1. The number of hydrogen-bond donors (Lipinski definition) is 1. The van der Waals surface area contributed by atoms with Crippen LogP contribution in [-0.4, -0.2) is 37.6 Å². The Morgan fingerprint density at radius 1 is 1.20 bits per heavy atom. The molecule has 0 fully saturated rings. The van der Waals surface area contributed by atoms with Gasteiger partial charge in [0.25, 0.3) is 15.9 Å². The summed E-state index contributed by atoms with van der Waals surface area (Å²) in [6.45, 7) is 2.56. The lowest BCUT2D eigenvalue weighted by molar-refractivity contribution is 0.0952. The van der Waals surface area contributed by atoms with Crippen LogP contribution in [0.3, 0.4) is 0 Å². The molecule has 1 aliphatic rings. The largest absolute Gasteiger partial charge is 0.352 e. The van der Waals surface area contributed by atoms with Gasteiger partial charge in [-0.3, -0.25) is 9.10 Å². The van der Waals surface area contributed by atoms with Crippen LogP contribution in [0.1, 0.15) is 34.1 Å². The van der Waals surface area contributed by atoms with E-state index >= 15 is 0 Å². The van der Waals surface area contributed by atoms with Crippen LogP contribution in [0.2, 0.25) is 0 Å².